The van der Waals surface area contributed by atoms with Crippen LogP contribution in [0.1, 0.15) is 24.8 Å². The molecule has 1 saturated heterocycles. The molecule has 0 bridgehead atoms. The van der Waals surface area contributed by atoms with Crippen LogP contribution in [0.3, 0.4) is 0 Å². The molecule has 0 aromatic heterocycles. The minimum absolute atomic E-state index is 1.18. The van der Waals surface area contributed by atoms with Crippen LogP contribution in [0, 0.1) is 0 Å². The monoisotopic (exact) mass is 267 g/mol. The summed E-state index contributed by atoms with van der Waals surface area (Å²) in [7, 11) is 0. The van der Waals surface area contributed by atoms with E-state index in [9.17, 15) is 0 Å². The molecule has 0 amide bonds. The van der Waals surface area contributed by atoms with Crippen LogP contribution in [0.5, 0.6) is 0 Å². The number of likely N-dealkylation sites (tertiary alicyclic amines) is 1. The van der Waals surface area contributed by atoms with Crippen LogP contribution in [0.25, 0.3) is 0 Å². The standard InChI is InChI=1S/C13H18BrN/c14-13-6-4-5-12(11-13)7-10-15-8-2-1-3-9-15/h4-6,11H,1-3,7-10H2. The fourth-order valence-electron chi connectivity index (χ4n) is 2.16. The lowest BCUT2D eigenvalue weighted by Crippen LogP contribution is -2.31. The quantitative estimate of drug-likeness (QED) is 0.811. The van der Waals surface area contributed by atoms with E-state index in [-0.39, 0.29) is 0 Å². The molecular formula is C13H18BrN. The number of nitrogens with zero attached hydrogens (tertiary/aromatic N) is 1. The topological polar surface area (TPSA) is 3.24 Å². The summed E-state index contributed by atoms with van der Waals surface area (Å²) in [5.74, 6) is 0. The van der Waals surface area contributed by atoms with E-state index < -0.39 is 0 Å². The number of hydrogen-bond acceptors (Lipinski definition) is 1. The highest BCUT2D eigenvalue weighted by Crippen LogP contribution is 2.14. The molecule has 0 atom stereocenters. The molecule has 1 fully saturated rings. The van der Waals surface area contributed by atoms with Gasteiger partial charge in [-0.3, -0.25) is 0 Å². The lowest BCUT2D eigenvalue weighted by atomic mass is 10.1. The first kappa shape index (κ1) is 11.2. The number of hydrogen-bond donors (Lipinski definition) is 0. The normalized spacial score (nSPS) is 17.9. The van der Waals surface area contributed by atoms with E-state index in [2.05, 4.69) is 45.1 Å². The van der Waals surface area contributed by atoms with E-state index >= 15 is 0 Å². The van der Waals surface area contributed by atoms with Crippen molar-refractivity contribution in [2.24, 2.45) is 0 Å². The first-order valence-electron chi connectivity index (χ1n) is 5.81. The van der Waals surface area contributed by atoms with Crippen LogP contribution in [-0.4, -0.2) is 24.5 Å². The van der Waals surface area contributed by atoms with Gasteiger partial charge in [0.25, 0.3) is 0 Å². The van der Waals surface area contributed by atoms with E-state index in [4.69, 9.17) is 0 Å². The predicted molar refractivity (Wildman–Crippen MR) is 68.1 cm³/mol. The van der Waals surface area contributed by atoms with E-state index in [1.54, 1.807) is 0 Å². The molecule has 0 N–H and O–H groups in total. The van der Waals surface area contributed by atoms with Crippen molar-refractivity contribution in [3.63, 3.8) is 0 Å². The van der Waals surface area contributed by atoms with Crippen LogP contribution in [0.15, 0.2) is 28.7 Å². The highest BCUT2D eigenvalue weighted by molar-refractivity contribution is 9.10. The molecule has 0 saturated carbocycles. The van der Waals surface area contributed by atoms with Gasteiger partial charge in [-0.2, -0.15) is 0 Å². The van der Waals surface area contributed by atoms with Crippen molar-refractivity contribution in [3.05, 3.63) is 34.3 Å². The molecule has 0 spiro atoms. The summed E-state index contributed by atoms with van der Waals surface area (Å²) in [5.41, 5.74) is 1.44. The molecule has 1 aromatic rings. The fraction of sp³-hybridized carbons (Fsp3) is 0.538. The molecule has 0 unspecified atom stereocenters. The van der Waals surface area contributed by atoms with Crippen molar-refractivity contribution in [2.45, 2.75) is 25.7 Å². The second-order valence-corrected chi connectivity index (χ2v) is 5.20. The fourth-order valence-corrected chi connectivity index (χ4v) is 2.61. The molecule has 1 aliphatic heterocycles. The first-order valence-corrected chi connectivity index (χ1v) is 6.61. The third-order valence-electron chi connectivity index (χ3n) is 3.05. The summed E-state index contributed by atoms with van der Waals surface area (Å²) in [4.78, 5) is 2.59. The molecule has 0 aliphatic carbocycles. The van der Waals surface area contributed by atoms with Crippen LogP contribution >= 0.6 is 15.9 Å². The Morgan fingerprint density at radius 2 is 1.93 bits per heavy atom. The summed E-state index contributed by atoms with van der Waals surface area (Å²) in [6.45, 7) is 3.82. The average molecular weight is 268 g/mol. The van der Waals surface area contributed by atoms with E-state index in [0.29, 0.717) is 0 Å². The maximum absolute atomic E-state index is 3.51. The highest BCUT2D eigenvalue weighted by atomic mass is 79.9. The number of piperidine rings is 1. The van der Waals surface area contributed by atoms with Crippen molar-refractivity contribution in [1.29, 1.82) is 0 Å². The van der Waals surface area contributed by atoms with E-state index in [1.165, 1.54) is 55.4 Å². The molecule has 2 rings (SSSR count). The Bertz CT molecular complexity index is 305. The highest BCUT2D eigenvalue weighted by Gasteiger charge is 2.09. The summed E-state index contributed by atoms with van der Waals surface area (Å²) in [5, 5.41) is 0. The molecule has 15 heavy (non-hydrogen) atoms. The van der Waals surface area contributed by atoms with Gasteiger partial charge in [0.1, 0.15) is 0 Å². The lowest BCUT2D eigenvalue weighted by molar-refractivity contribution is 0.231. The molecular weight excluding hydrogens is 250 g/mol. The molecule has 1 heterocycles. The third-order valence-corrected chi connectivity index (χ3v) is 3.55. The SMILES string of the molecule is Brc1cccc(CCN2CCCCC2)c1. The third kappa shape index (κ3) is 3.62. The Morgan fingerprint density at radius 3 is 2.67 bits per heavy atom. The van der Waals surface area contributed by atoms with Gasteiger partial charge in [0, 0.05) is 11.0 Å². The van der Waals surface area contributed by atoms with E-state index in [0.717, 1.165) is 0 Å². The second-order valence-electron chi connectivity index (χ2n) is 4.28. The van der Waals surface area contributed by atoms with Gasteiger partial charge in [-0.25, -0.2) is 0 Å². The summed E-state index contributed by atoms with van der Waals surface area (Å²) in [6.07, 6.45) is 5.38. The zero-order valence-electron chi connectivity index (χ0n) is 9.08. The van der Waals surface area contributed by atoms with Crippen LogP contribution in [0.2, 0.25) is 0 Å². The van der Waals surface area contributed by atoms with Gasteiger partial charge in [0.2, 0.25) is 0 Å². The van der Waals surface area contributed by atoms with Crippen molar-refractivity contribution >= 4 is 15.9 Å². The van der Waals surface area contributed by atoms with Gasteiger partial charge in [0.05, 0.1) is 0 Å². The Balaban J connectivity index is 1.81. The van der Waals surface area contributed by atoms with Gasteiger partial charge in [0.15, 0.2) is 0 Å². The Kier molecular flexibility index (Phi) is 4.21. The van der Waals surface area contributed by atoms with E-state index in [1.807, 2.05) is 0 Å². The van der Waals surface area contributed by atoms with Crippen LogP contribution in [0.4, 0.5) is 0 Å². The van der Waals surface area contributed by atoms with Gasteiger partial charge < -0.3 is 4.90 Å². The Labute approximate surface area is 101 Å². The van der Waals surface area contributed by atoms with Crippen molar-refractivity contribution < 1.29 is 0 Å². The van der Waals surface area contributed by atoms with Gasteiger partial charge >= 0.3 is 0 Å². The minimum Gasteiger partial charge on any atom is -0.303 e. The van der Waals surface area contributed by atoms with Crippen molar-refractivity contribution in [2.75, 3.05) is 19.6 Å². The summed E-state index contributed by atoms with van der Waals surface area (Å²) < 4.78 is 1.19. The zero-order valence-corrected chi connectivity index (χ0v) is 10.7. The Morgan fingerprint density at radius 1 is 1.13 bits per heavy atom. The maximum Gasteiger partial charge on any atom is 0.0178 e. The molecule has 1 aliphatic rings. The largest absolute Gasteiger partial charge is 0.303 e. The molecule has 1 nitrogen and oxygen atoms in total. The maximum atomic E-state index is 3.51. The van der Waals surface area contributed by atoms with Crippen LogP contribution in [-0.2, 0) is 6.42 Å². The average Bonchev–Trinajstić information content (AvgIpc) is 2.28. The van der Waals surface area contributed by atoms with Crippen molar-refractivity contribution in [1.82, 2.24) is 4.90 Å². The number of halogens is 1. The van der Waals surface area contributed by atoms with Crippen molar-refractivity contribution in [3.8, 4) is 0 Å². The minimum atomic E-state index is 1.18. The van der Waals surface area contributed by atoms with Gasteiger partial charge in [-0.1, -0.05) is 34.5 Å². The zero-order chi connectivity index (χ0) is 10.5. The lowest BCUT2D eigenvalue weighted by Gasteiger charge is -2.26. The molecule has 0 radical (unpaired) electrons. The molecule has 82 valence electrons. The first-order chi connectivity index (χ1) is 7.34. The number of rotatable bonds is 3. The summed E-state index contributed by atoms with van der Waals surface area (Å²) >= 11 is 3.51. The summed E-state index contributed by atoms with van der Waals surface area (Å²) in [6, 6.07) is 8.65. The van der Waals surface area contributed by atoms with Gasteiger partial charge in [-0.05, 0) is 50.0 Å². The smallest absolute Gasteiger partial charge is 0.0178 e. The van der Waals surface area contributed by atoms with Gasteiger partial charge in [-0.15, -0.1) is 0 Å². The Hall–Kier alpha value is -0.340. The second kappa shape index (κ2) is 5.66. The predicted octanol–water partition coefficient (Wildman–Crippen LogP) is 3.48. The number of benzene rings is 1. The molecule has 1 aromatic carbocycles. The molecule has 2 heteroatoms. The van der Waals surface area contributed by atoms with Crippen LogP contribution < -0.4 is 0 Å².